The number of alkyl carbamates (subject to hydrolysis) is 2. The zero-order chi connectivity index (χ0) is 39.9. The average molecular weight is 828 g/mol. The Balaban J connectivity index is 2.85. The second-order valence-corrected chi connectivity index (χ2v) is 15.3. The zero-order valence-corrected chi connectivity index (χ0v) is 31.9. The first-order valence-electron chi connectivity index (χ1n) is 15.7. The summed E-state index contributed by atoms with van der Waals surface area (Å²) in [5.74, 6) is -4.62. The van der Waals surface area contributed by atoms with E-state index < -0.39 is 88.6 Å². The Morgan fingerprint density at radius 1 is 0.769 bits per heavy atom. The van der Waals surface area contributed by atoms with E-state index in [9.17, 15) is 41.9 Å². The molecule has 0 radical (unpaired) electrons. The Morgan fingerprint density at radius 2 is 1.37 bits per heavy atom. The molecule has 14 nitrogen and oxygen atoms in total. The summed E-state index contributed by atoms with van der Waals surface area (Å²) < 4.78 is 53.1. The number of carbonyl (C=O) groups excluding carboxylic acids is 6. The summed E-state index contributed by atoms with van der Waals surface area (Å²) >= 11 is 22.5. The Morgan fingerprint density at radius 3 is 1.94 bits per heavy atom. The van der Waals surface area contributed by atoms with Gasteiger partial charge in [0.2, 0.25) is 21.5 Å². The molecule has 52 heavy (non-hydrogen) atoms. The van der Waals surface area contributed by atoms with E-state index in [1.807, 2.05) is 10.6 Å². The first-order chi connectivity index (χ1) is 23.9. The fraction of sp³-hybridized carbons (Fsp3) is 0.613. The molecule has 0 bridgehead atoms. The predicted molar refractivity (Wildman–Crippen MR) is 186 cm³/mol. The number of carbonyl (C=O) groups is 6. The highest BCUT2D eigenvalue weighted by Gasteiger charge is 2.38. The van der Waals surface area contributed by atoms with Crippen LogP contribution in [0.4, 0.5) is 22.8 Å². The van der Waals surface area contributed by atoms with Crippen LogP contribution in [0.25, 0.3) is 0 Å². The Bertz CT molecular complexity index is 1390. The zero-order valence-electron chi connectivity index (χ0n) is 28.9. The smallest absolute Gasteiger partial charge is 0.408 e. The van der Waals surface area contributed by atoms with Crippen molar-refractivity contribution in [1.29, 1.82) is 0 Å². The van der Waals surface area contributed by atoms with Crippen molar-refractivity contribution in [1.82, 2.24) is 26.6 Å². The van der Waals surface area contributed by atoms with Crippen LogP contribution in [0.2, 0.25) is 5.02 Å². The van der Waals surface area contributed by atoms with Gasteiger partial charge in [-0.15, -0.1) is 0 Å². The highest BCUT2D eigenvalue weighted by molar-refractivity contribution is 6.67. The van der Waals surface area contributed by atoms with Crippen LogP contribution in [0.3, 0.4) is 0 Å². The first kappa shape index (κ1) is 46.6. The maximum absolute atomic E-state index is 13.3. The minimum Gasteiger partial charge on any atom is -0.460 e. The van der Waals surface area contributed by atoms with Gasteiger partial charge in [-0.05, 0) is 59.9 Å². The number of hydrogen-bond donors (Lipinski definition) is 5. The molecule has 4 atom stereocenters. The second-order valence-electron chi connectivity index (χ2n) is 12.4. The van der Waals surface area contributed by atoms with Gasteiger partial charge in [0.15, 0.2) is 0 Å². The molecule has 0 saturated heterocycles. The lowest BCUT2D eigenvalue weighted by Gasteiger charge is -2.26. The quantitative estimate of drug-likeness (QED) is 0.0624. The van der Waals surface area contributed by atoms with E-state index in [1.165, 1.54) is 0 Å². The molecule has 1 aromatic rings. The molecule has 0 heterocycles. The molecular formula is C31H42Cl4F3N5O9. The second kappa shape index (κ2) is 21.3. The predicted octanol–water partition coefficient (Wildman–Crippen LogP) is 4.99. The van der Waals surface area contributed by atoms with Gasteiger partial charge in [-0.3, -0.25) is 14.4 Å². The Labute approximate surface area is 318 Å². The van der Waals surface area contributed by atoms with Crippen LogP contribution in [-0.2, 0) is 40.0 Å². The molecule has 0 aromatic heterocycles. The summed E-state index contributed by atoms with van der Waals surface area (Å²) in [7, 11) is 0. The van der Waals surface area contributed by atoms with Crippen molar-refractivity contribution in [3.05, 3.63) is 34.9 Å². The van der Waals surface area contributed by atoms with Crippen LogP contribution >= 0.6 is 46.4 Å². The molecule has 0 saturated carbocycles. The van der Waals surface area contributed by atoms with Gasteiger partial charge in [-0.1, -0.05) is 64.6 Å². The van der Waals surface area contributed by atoms with Gasteiger partial charge in [-0.25, -0.2) is 14.4 Å². The van der Waals surface area contributed by atoms with E-state index in [2.05, 4.69) is 16.0 Å². The van der Waals surface area contributed by atoms with Crippen LogP contribution in [0.1, 0.15) is 65.9 Å². The minimum atomic E-state index is -4.94. The normalized spacial score (nSPS) is 14.1. The Hall–Kier alpha value is -3.41. The molecule has 21 heteroatoms. The maximum Gasteiger partial charge on any atom is 0.408 e. The highest BCUT2D eigenvalue weighted by atomic mass is 35.6. The van der Waals surface area contributed by atoms with E-state index >= 15 is 0 Å². The monoisotopic (exact) mass is 825 g/mol. The van der Waals surface area contributed by atoms with Crippen molar-refractivity contribution in [2.24, 2.45) is 0 Å². The third-order valence-corrected chi connectivity index (χ3v) is 7.12. The largest absolute Gasteiger partial charge is 0.460 e. The third kappa shape index (κ3) is 20.6. The number of benzene rings is 1. The molecule has 0 fully saturated rings. The van der Waals surface area contributed by atoms with Crippen molar-refractivity contribution in [2.45, 2.75) is 107 Å². The third-order valence-electron chi connectivity index (χ3n) is 6.42. The number of halogens is 7. The van der Waals surface area contributed by atoms with Crippen LogP contribution in [0, 0.1) is 0 Å². The number of rotatable bonds is 17. The summed E-state index contributed by atoms with van der Waals surface area (Å²) in [5.41, 5.74) is -0.326. The van der Waals surface area contributed by atoms with Crippen LogP contribution in [-0.4, -0.2) is 88.8 Å². The van der Waals surface area contributed by atoms with Crippen molar-refractivity contribution < 1.29 is 56.1 Å². The van der Waals surface area contributed by atoms with Crippen molar-refractivity contribution >= 4 is 82.3 Å². The summed E-state index contributed by atoms with van der Waals surface area (Å²) in [6.07, 6.45) is -7.88. The molecule has 0 aliphatic carbocycles. The van der Waals surface area contributed by atoms with Gasteiger partial charge < -0.3 is 40.8 Å². The topological polar surface area (TPSA) is 190 Å². The van der Waals surface area contributed by atoms with Gasteiger partial charge in [0.1, 0.15) is 43.0 Å². The Kier molecular flexibility index (Phi) is 19.1. The molecular weight excluding hydrogens is 785 g/mol. The maximum atomic E-state index is 13.3. The molecule has 1 rings (SSSR count). The lowest BCUT2D eigenvalue weighted by molar-refractivity contribution is -0.153. The molecule has 0 aliphatic heterocycles. The summed E-state index contributed by atoms with van der Waals surface area (Å²) in [5, 5.41) is 11.6. The molecule has 0 aliphatic rings. The SMILES string of the molecule is C[C@H](NC(=O)[C@H](CCCCNC(=O)OCc1ccccc1Cl)NC(=O)OC(C)(C)C)C(=O)N[C@@H](CC(F)(F)F)C(=O)N[C@@H](C)C(=O)OCC(Cl)(Cl)Cl. The summed E-state index contributed by atoms with van der Waals surface area (Å²) in [4.78, 5) is 75.4. The van der Waals surface area contributed by atoms with Crippen molar-refractivity contribution in [3.8, 4) is 0 Å². The lowest BCUT2D eigenvalue weighted by atomic mass is 10.1. The molecule has 5 amide bonds. The van der Waals surface area contributed by atoms with Crippen LogP contribution < -0.4 is 26.6 Å². The summed E-state index contributed by atoms with van der Waals surface area (Å²) in [6, 6.07) is 0.279. The van der Waals surface area contributed by atoms with Gasteiger partial charge in [0, 0.05) is 17.1 Å². The van der Waals surface area contributed by atoms with Gasteiger partial charge in [0.25, 0.3) is 0 Å². The van der Waals surface area contributed by atoms with Crippen molar-refractivity contribution in [2.75, 3.05) is 13.2 Å². The fourth-order valence-corrected chi connectivity index (χ4v) is 4.31. The summed E-state index contributed by atoms with van der Waals surface area (Å²) in [6.45, 7) is 6.35. The van der Waals surface area contributed by atoms with Crippen molar-refractivity contribution in [3.63, 3.8) is 0 Å². The highest BCUT2D eigenvalue weighted by Crippen LogP contribution is 2.26. The molecule has 294 valence electrons. The number of ether oxygens (including phenoxy) is 3. The van der Waals surface area contributed by atoms with Gasteiger partial charge in [0.05, 0.1) is 6.42 Å². The van der Waals surface area contributed by atoms with Gasteiger partial charge in [-0.2, -0.15) is 13.2 Å². The average Bonchev–Trinajstić information content (AvgIpc) is 3.00. The standard InChI is InChI=1S/C31H42Cl4F3N5O9/c1-17(23(44)42-22(14-31(36,37)38)25(46)41-18(2)26(47)51-16-30(33,34)35)40-24(45)21(43-28(49)52-29(3,4)5)12-8-9-13-39-27(48)50-15-19-10-6-7-11-20(19)32/h6-7,10-11,17-18,21-22H,8-9,12-16H2,1-5H3,(H,39,48)(H,40,45)(H,41,46)(H,42,44)(H,43,49)/t17-,18-,21-,22-/m0/s1. The van der Waals surface area contributed by atoms with E-state index in [0.29, 0.717) is 17.0 Å². The van der Waals surface area contributed by atoms with Gasteiger partial charge >= 0.3 is 24.3 Å². The van der Waals surface area contributed by atoms with E-state index in [0.717, 1.165) is 13.8 Å². The molecule has 5 N–H and O–H groups in total. The first-order valence-corrected chi connectivity index (χ1v) is 17.2. The number of nitrogens with one attached hydrogen (secondary N) is 5. The van der Waals surface area contributed by atoms with E-state index in [4.69, 9.17) is 60.6 Å². The van der Waals surface area contributed by atoms with E-state index in [1.54, 1.807) is 45.0 Å². The lowest BCUT2D eigenvalue weighted by Crippen LogP contribution is -2.57. The minimum absolute atomic E-state index is 0.0128. The number of alkyl halides is 6. The van der Waals surface area contributed by atoms with Crippen LogP contribution in [0.15, 0.2) is 24.3 Å². The van der Waals surface area contributed by atoms with E-state index in [-0.39, 0.29) is 26.0 Å². The fourth-order valence-electron chi connectivity index (χ4n) is 3.96. The number of hydrogen-bond acceptors (Lipinski definition) is 9. The van der Waals surface area contributed by atoms with Crippen LogP contribution in [0.5, 0.6) is 0 Å². The number of unbranched alkanes of at least 4 members (excludes halogenated alkanes) is 1. The number of amides is 5. The number of esters is 1. The molecule has 1 aromatic carbocycles. The molecule has 0 unspecified atom stereocenters. The molecule has 0 spiro atoms.